The molecule has 5 nitrogen and oxygen atoms in total. The highest BCUT2D eigenvalue weighted by Gasteiger charge is 2.37. The van der Waals surface area contributed by atoms with Gasteiger partial charge in [-0.1, -0.05) is 0 Å². The summed E-state index contributed by atoms with van der Waals surface area (Å²) in [5, 5.41) is 14.3. The number of aliphatic hydroxyl groups is 1. The molecular formula is C17H32N2O3S. The van der Waals surface area contributed by atoms with Crippen molar-refractivity contribution in [2.45, 2.75) is 61.8 Å². The number of methoxy groups -OCH3 is 1. The highest BCUT2D eigenvalue weighted by atomic mass is 32.2. The first-order valence-electron chi connectivity index (χ1n) is 9.04. The van der Waals surface area contributed by atoms with Crippen molar-refractivity contribution in [3.63, 3.8) is 0 Å². The lowest BCUT2D eigenvalue weighted by Gasteiger charge is -2.35. The Bertz CT molecular complexity index is 368. The smallest absolute Gasteiger partial charge is 0.0833 e. The Hall–Kier alpha value is 0.150. The lowest BCUT2D eigenvalue weighted by molar-refractivity contribution is -0.0514. The third-order valence-electron chi connectivity index (χ3n) is 5.48. The van der Waals surface area contributed by atoms with E-state index in [0.29, 0.717) is 23.4 Å². The van der Waals surface area contributed by atoms with Crippen molar-refractivity contribution in [1.82, 2.24) is 10.2 Å². The van der Waals surface area contributed by atoms with E-state index < -0.39 is 0 Å². The average molecular weight is 345 g/mol. The van der Waals surface area contributed by atoms with E-state index in [1.54, 1.807) is 7.11 Å². The molecule has 0 aromatic heterocycles. The van der Waals surface area contributed by atoms with Gasteiger partial charge in [-0.25, -0.2) is 0 Å². The Balaban J connectivity index is 1.41. The summed E-state index contributed by atoms with van der Waals surface area (Å²) in [6.07, 6.45) is 5.53. The summed E-state index contributed by atoms with van der Waals surface area (Å²) < 4.78 is 11.2. The molecule has 3 aliphatic rings. The van der Waals surface area contributed by atoms with Crippen LogP contribution >= 0.6 is 11.8 Å². The van der Waals surface area contributed by atoms with E-state index in [2.05, 4.69) is 17.3 Å². The van der Waals surface area contributed by atoms with E-state index in [9.17, 15) is 5.11 Å². The number of rotatable bonds is 6. The second kappa shape index (κ2) is 8.50. The number of hydrogen-bond acceptors (Lipinski definition) is 6. The number of likely N-dealkylation sites (N-methyl/N-ethyl adjacent to an activating group) is 1. The normalized spacial score (nSPS) is 41.7. The number of aliphatic hydroxyl groups excluding tert-OH is 1. The molecule has 2 saturated heterocycles. The maximum atomic E-state index is 9.97. The lowest BCUT2D eigenvalue weighted by Crippen LogP contribution is -2.45. The summed E-state index contributed by atoms with van der Waals surface area (Å²) in [6, 6.07) is 0.559. The molecule has 3 fully saturated rings. The Morgan fingerprint density at radius 2 is 2.17 bits per heavy atom. The summed E-state index contributed by atoms with van der Waals surface area (Å²) in [4.78, 5) is 2.42. The van der Waals surface area contributed by atoms with Gasteiger partial charge in [0.15, 0.2) is 0 Å². The minimum absolute atomic E-state index is 0.0115. The van der Waals surface area contributed by atoms with Crippen LogP contribution in [0, 0.1) is 5.92 Å². The molecule has 2 aliphatic heterocycles. The van der Waals surface area contributed by atoms with Gasteiger partial charge in [0.05, 0.1) is 23.7 Å². The molecule has 0 aromatic rings. The van der Waals surface area contributed by atoms with Crippen LogP contribution in [0.3, 0.4) is 0 Å². The zero-order valence-electron chi connectivity index (χ0n) is 14.4. The van der Waals surface area contributed by atoms with Gasteiger partial charge in [0.25, 0.3) is 0 Å². The Labute approximate surface area is 144 Å². The van der Waals surface area contributed by atoms with E-state index in [4.69, 9.17) is 9.47 Å². The van der Waals surface area contributed by atoms with Crippen molar-refractivity contribution >= 4 is 11.8 Å². The fourth-order valence-electron chi connectivity index (χ4n) is 4.18. The molecule has 0 radical (unpaired) electrons. The number of hydrogen-bond donors (Lipinski definition) is 2. The largest absolute Gasteiger partial charge is 0.390 e. The van der Waals surface area contributed by atoms with Crippen LogP contribution in [0.1, 0.15) is 32.1 Å². The summed E-state index contributed by atoms with van der Waals surface area (Å²) in [5.41, 5.74) is 0. The maximum absolute atomic E-state index is 9.97. The van der Waals surface area contributed by atoms with Gasteiger partial charge in [-0.3, -0.25) is 0 Å². The molecule has 134 valence electrons. The maximum Gasteiger partial charge on any atom is 0.0833 e. The van der Waals surface area contributed by atoms with Crippen molar-refractivity contribution in [3.05, 3.63) is 0 Å². The van der Waals surface area contributed by atoms with Gasteiger partial charge in [0, 0.05) is 38.6 Å². The number of ether oxygens (including phenoxy) is 2. The van der Waals surface area contributed by atoms with Gasteiger partial charge in [-0.05, 0) is 45.1 Å². The Morgan fingerprint density at radius 3 is 2.91 bits per heavy atom. The highest BCUT2D eigenvalue weighted by Crippen LogP contribution is 2.36. The van der Waals surface area contributed by atoms with Crippen molar-refractivity contribution in [2.24, 2.45) is 5.92 Å². The highest BCUT2D eigenvalue weighted by molar-refractivity contribution is 8.00. The second-order valence-electron chi connectivity index (χ2n) is 7.39. The first-order chi connectivity index (χ1) is 11.2. The standard InChI is InChI=1S/C17H32N2O3S/c1-19(10-14-4-3-7-22-14)9-13-11-23-17(18-13)12-5-6-15(20)16(8-12)21-2/h12-18,20H,3-11H2,1-2H3. The zero-order chi connectivity index (χ0) is 16.2. The van der Waals surface area contributed by atoms with E-state index in [0.717, 1.165) is 39.0 Å². The molecule has 0 aromatic carbocycles. The second-order valence-corrected chi connectivity index (χ2v) is 8.56. The van der Waals surface area contributed by atoms with Crippen LogP contribution in [0.25, 0.3) is 0 Å². The molecule has 2 heterocycles. The van der Waals surface area contributed by atoms with Crippen LogP contribution in [0.15, 0.2) is 0 Å². The topological polar surface area (TPSA) is 54.0 Å². The molecule has 23 heavy (non-hydrogen) atoms. The monoisotopic (exact) mass is 344 g/mol. The van der Waals surface area contributed by atoms with E-state index in [1.807, 2.05) is 11.8 Å². The van der Waals surface area contributed by atoms with E-state index >= 15 is 0 Å². The minimum atomic E-state index is -0.281. The lowest BCUT2D eigenvalue weighted by atomic mass is 9.85. The number of nitrogens with one attached hydrogen (secondary N) is 1. The zero-order valence-corrected chi connectivity index (χ0v) is 15.3. The van der Waals surface area contributed by atoms with Crippen LogP contribution in [0.4, 0.5) is 0 Å². The van der Waals surface area contributed by atoms with Gasteiger partial charge < -0.3 is 24.8 Å². The first kappa shape index (κ1) is 18.0. The van der Waals surface area contributed by atoms with Gasteiger partial charge in [0.2, 0.25) is 0 Å². The molecular weight excluding hydrogens is 312 g/mol. The fraction of sp³-hybridized carbons (Fsp3) is 1.00. The van der Waals surface area contributed by atoms with E-state index in [-0.39, 0.29) is 12.2 Å². The molecule has 2 N–H and O–H groups in total. The Kier molecular flexibility index (Phi) is 6.63. The molecule has 0 amide bonds. The average Bonchev–Trinajstić information content (AvgIpc) is 3.19. The minimum Gasteiger partial charge on any atom is -0.390 e. The summed E-state index contributed by atoms with van der Waals surface area (Å²) in [7, 11) is 3.92. The first-order valence-corrected chi connectivity index (χ1v) is 10.1. The van der Waals surface area contributed by atoms with Crippen LogP contribution in [-0.2, 0) is 9.47 Å². The third-order valence-corrected chi connectivity index (χ3v) is 6.95. The molecule has 0 bridgehead atoms. The van der Waals surface area contributed by atoms with Crippen molar-refractivity contribution in [3.8, 4) is 0 Å². The van der Waals surface area contributed by atoms with Crippen molar-refractivity contribution in [2.75, 3.05) is 39.6 Å². The third kappa shape index (κ3) is 4.83. The molecule has 1 saturated carbocycles. The van der Waals surface area contributed by atoms with Gasteiger partial charge in [0.1, 0.15) is 0 Å². The molecule has 0 spiro atoms. The van der Waals surface area contributed by atoms with Gasteiger partial charge in [-0.15, -0.1) is 11.8 Å². The summed E-state index contributed by atoms with van der Waals surface area (Å²) in [6.45, 7) is 3.08. The van der Waals surface area contributed by atoms with Crippen LogP contribution < -0.4 is 5.32 Å². The van der Waals surface area contributed by atoms with E-state index in [1.165, 1.54) is 18.6 Å². The van der Waals surface area contributed by atoms with Crippen LogP contribution in [0.2, 0.25) is 0 Å². The SMILES string of the molecule is COC1CC(C2NC(CN(C)CC3CCCO3)CS2)CCC1O. The summed E-state index contributed by atoms with van der Waals surface area (Å²) >= 11 is 2.05. The predicted octanol–water partition coefficient (Wildman–Crippen LogP) is 1.30. The Morgan fingerprint density at radius 1 is 1.30 bits per heavy atom. The predicted molar refractivity (Wildman–Crippen MR) is 93.8 cm³/mol. The molecule has 6 unspecified atom stereocenters. The van der Waals surface area contributed by atoms with Crippen molar-refractivity contribution < 1.29 is 14.6 Å². The van der Waals surface area contributed by atoms with Gasteiger partial charge in [-0.2, -0.15) is 0 Å². The molecule has 3 rings (SSSR count). The quantitative estimate of drug-likeness (QED) is 0.758. The molecule has 6 atom stereocenters. The molecule has 6 heteroatoms. The fourth-order valence-corrected chi connectivity index (χ4v) is 5.63. The number of nitrogens with zero attached hydrogens (tertiary/aromatic N) is 1. The summed E-state index contributed by atoms with van der Waals surface area (Å²) in [5.74, 6) is 1.79. The van der Waals surface area contributed by atoms with Crippen LogP contribution in [-0.4, -0.2) is 79.3 Å². The van der Waals surface area contributed by atoms with Gasteiger partial charge >= 0.3 is 0 Å². The molecule has 1 aliphatic carbocycles. The van der Waals surface area contributed by atoms with Crippen molar-refractivity contribution in [1.29, 1.82) is 0 Å². The van der Waals surface area contributed by atoms with Crippen LogP contribution in [0.5, 0.6) is 0 Å². The number of thioether (sulfide) groups is 1.